The fourth-order valence-electron chi connectivity index (χ4n) is 3.39. The van der Waals surface area contributed by atoms with Crippen molar-refractivity contribution in [2.45, 2.75) is 27.7 Å². The summed E-state index contributed by atoms with van der Waals surface area (Å²) in [5, 5.41) is 4.85. The molecule has 1 heterocycles. The van der Waals surface area contributed by atoms with Crippen LogP contribution >= 0.6 is 11.3 Å². The maximum atomic E-state index is 13.4. The number of thiophene rings is 1. The summed E-state index contributed by atoms with van der Waals surface area (Å²) in [6, 6.07) is 8.91. The summed E-state index contributed by atoms with van der Waals surface area (Å²) in [5.74, 6) is -0.243. The molecule has 35 heavy (non-hydrogen) atoms. The Morgan fingerprint density at radius 3 is 2.03 bits per heavy atom. The van der Waals surface area contributed by atoms with E-state index in [0.29, 0.717) is 53.2 Å². The van der Waals surface area contributed by atoms with Crippen LogP contribution in [0, 0.1) is 5.82 Å². The highest BCUT2D eigenvalue weighted by atomic mass is 32.1. The van der Waals surface area contributed by atoms with Gasteiger partial charge in [-0.15, -0.1) is 11.3 Å². The van der Waals surface area contributed by atoms with Gasteiger partial charge in [0.15, 0.2) is 11.5 Å². The van der Waals surface area contributed by atoms with Crippen LogP contribution < -0.4 is 19.5 Å². The maximum Gasteiger partial charge on any atom is 0.341 e. The number of rotatable bonds is 11. The second-order valence-corrected chi connectivity index (χ2v) is 8.02. The van der Waals surface area contributed by atoms with Crippen LogP contribution in [0.5, 0.6) is 17.2 Å². The van der Waals surface area contributed by atoms with Gasteiger partial charge in [-0.1, -0.05) is 12.1 Å². The number of carbonyl (C=O) groups is 2. The molecule has 0 unspecified atom stereocenters. The Labute approximate surface area is 207 Å². The second kappa shape index (κ2) is 12.2. The molecule has 0 aliphatic carbocycles. The summed E-state index contributed by atoms with van der Waals surface area (Å²) in [5.41, 5.74) is 1.65. The van der Waals surface area contributed by atoms with Crippen LogP contribution in [0.15, 0.2) is 41.8 Å². The van der Waals surface area contributed by atoms with Crippen molar-refractivity contribution in [3.05, 3.63) is 58.7 Å². The molecule has 0 bridgehead atoms. The van der Waals surface area contributed by atoms with Crippen molar-refractivity contribution in [3.8, 4) is 28.4 Å². The molecule has 0 spiro atoms. The van der Waals surface area contributed by atoms with Gasteiger partial charge in [-0.2, -0.15) is 0 Å². The summed E-state index contributed by atoms with van der Waals surface area (Å²) in [7, 11) is 0. The number of esters is 1. The van der Waals surface area contributed by atoms with Crippen LogP contribution in [0.1, 0.15) is 48.4 Å². The number of carbonyl (C=O) groups excluding carboxylic acids is 2. The molecule has 7 nitrogen and oxygen atoms in total. The minimum atomic E-state index is -0.583. The molecule has 1 amide bonds. The quantitative estimate of drug-likeness (QED) is 0.316. The van der Waals surface area contributed by atoms with E-state index in [9.17, 15) is 14.0 Å². The maximum absolute atomic E-state index is 13.4. The molecular formula is C26H28FNO6S. The Bertz CT molecular complexity index is 1150. The van der Waals surface area contributed by atoms with E-state index in [1.807, 2.05) is 20.8 Å². The Hall–Kier alpha value is -3.59. The third kappa shape index (κ3) is 6.10. The molecule has 1 N–H and O–H groups in total. The number of benzene rings is 2. The van der Waals surface area contributed by atoms with Gasteiger partial charge in [-0.05, 0) is 57.5 Å². The van der Waals surface area contributed by atoms with Crippen molar-refractivity contribution < 1.29 is 32.9 Å². The highest BCUT2D eigenvalue weighted by Gasteiger charge is 2.24. The normalized spacial score (nSPS) is 10.5. The lowest BCUT2D eigenvalue weighted by Crippen LogP contribution is -2.15. The van der Waals surface area contributed by atoms with E-state index >= 15 is 0 Å². The van der Waals surface area contributed by atoms with E-state index in [1.165, 1.54) is 23.5 Å². The van der Waals surface area contributed by atoms with Gasteiger partial charge in [0, 0.05) is 16.5 Å². The van der Waals surface area contributed by atoms with Crippen molar-refractivity contribution in [2.24, 2.45) is 0 Å². The first kappa shape index (κ1) is 26.0. The molecule has 0 aliphatic heterocycles. The number of ether oxygens (including phenoxy) is 4. The van der Waals surface area contributed by atoms with Gasteiger partial charge in [-0.3, -0.25) is 4.79 Å². The smallest absolute Gasteiger partial charge is 0.341 e. The molecule has 0 fully saturated rings. The highest BCUT2D eigenvalue weighted by Crippen LogP contribution is 2.40. The number of hydrogen-bond donors (Lipinski definition) is 1. The molecule has 1 aromatic heterocycles. The predicted octanol–water partition coefficient (Wildman–Crippen LogP) is 6.18. The number of hydrogen-bond acceptors (Lipinski definition) is 7. The van der Waals surface area contributed by atoms with Crippen LogP contribution in [0.2, 0.25) is 0 Å². The van der Waals surface area contributed by atoms with Crippen LogP contribution in [-0.2, 0) is 4.74 Å². The van der Waals surface area contributed by atoms with E-state index in [2.05, 4.69) is 5.32 Å². The summed E-state index contributed by atoms with van der Waals surface area (Å²) in [6.07, 6.45) is 0. The van der Waals surface area contributed by atoms with Crippen molar-refractivity contribution in [3.63, 3.8) is 0 Å². The lowest BCUT2D eigenvalue weighted by atomic mass is 10.0. The molecule has 0 saturated heterocycles. The highest BCUT2D eigenvalue weighted by molar-refractivity contribution is 7.15. The van der Waals surface area contributed by atoms with Crippen molar-refractivity contribution >= 4 is 28.2 Å². The van der Waals surface area contributed by atoms with Gasteiger partial charge in [0.1, 0.15) is 16.4 Å². The van der Waals surface area contributed by atoms with Crippen molar-refractivity contribution in [2.75, 3.05) is 31.7 Å². The molecule has 9 heteroatoms. The zero-order valence-corrected chi connectivity index (χ0v) is 20.9. The molecule has 0 atom stereocenters. The van der Waals surface area contributed by atoms with Crippen LogP contribution in [0.3, 0.4) is 0 Å². The van der Waals surface area contributed by atoms with E-state index in [0.717, 1.165) is 0 Å². The average molecular weight is 502 g/mol. The zero-order valence-electron chi connectivity index (χ0n) is 20.1. The standard InChI is InChI=1S/C26H28FNO6S/c1-5-31-20-13-17(14-21(32-6-2)23(20)33-7-3)24(29)28-25-22(26(30)34-8-4)19(15-35-25)16-9-11-18(27)12-10-16/h9-15H,5-8H2,1-4H3,(H,28,29). The molecule has 0 aliphatic rings. The Balaban J connectivity index is 2.01. The number of amides is 1. The SMILES string of the molecule is CCOC(=O)c1c(-c2ccc(F)cc2)csc1NC(=O)c1cc(OCC)c(OCC)c(OCC)c1. The number of nitrogens with one attached hydrogen (secondary N) is 1. The topological polar surface area (TPSA) is 83.1 Å². The van der Waals surface area contributed by atoms with E-state index < -0.39 is 11.9 Å². The summed E-state index contributed by atoms with van der Waals surface area (Å²) >= 11 is 1.18. The first-order chi connectivity index (χ1) is 16.9. The van der Waals surface area contributed by atoms with Gasteiger partial charge in [0.05, 0.1) is 26.4 Å². The second-order valence-electron chi connectivity index (χ2n) is 7.14. The van der Waals surface area contributed by atoms with Gasteiger partial charge in [0.25, 0.3) is 5.91 Å². The Morgan fingerprint density at radius 1 is 0.886 bits per heavy atom. The van der Waals surface area contributed by atoms with Crippen LogP contribution in [0.25, 0.3) is 11.1 Å². The first-order valence-corrected chi connectivity index (χ1v) is 12.2. The largest absolute Gasteiger partial charge is 0.490 e. The summed E-state index contributed by atoms with van der Waals surface area (Å²) in [6.45, 7) is 8.51. The minimum Gasteiger partial charge on any atom is -0.490 e. The zero-order chi connectivity index (χ0) is 25.4. The Morgan fingerprint density at radius 2 is 1.49 bits per heavy atom. The monoisotopic (exact) mass is 501 g/mol. The number of halogens is 1. The average Bonchev–Trinajstić information content (AvgIpc) is 3.25. The summed E-state index contributed by atoms with van der Waals surface area (Å²) < 4.78 is 35.7. The predicted molar refractivity (Wildman–Crippen MR) is 134 cm³/mol. The fourth-order valence-corrected chi connectivity index (χ4v) is 4.35. The van der Waals surface area contributed by atoms with E-state index in [-0.39, 0.29) is 23.6 Å². The Kier molecular flexibility index (Phi) is 9.08. The third-order valence-corrected chi connectivity index (χ3v) is 5.72. The first-order valence-electron chi connectivity index (χ1n) is 11.4. The molecule has 3 aromatic rings. The molecule has 0 saturated carbocycles. The number of anilines is 1. The van der Waals surface area contributed by atoms with Crippen LogP contribution in [-0.4, -0.2) is 38.3 Å². The van der Waals surface area contributed by atoms with Crippen molar-refractivity contribution in [1.82, 2.24) is 0 Å². The van der Waals surface area contributed by atoms with Crippen molar-refractivity contribution in [1.29, 1.82) is 0 Å². The van der Waals surface area contributed by atoms with E-state index in [1.54, 1.807) is 36.6 Å². The fraction of sp³-hybridized carbons (Fsp3) is 0.308. The molecular weight excluding hydrogens is 473 g/mol. The molecule has 0 radical (unpaired) electrons. The van der Waals surface area contributed by atoms with E-state index in [4.69, 9.17) is 18.9 Å². The lowest BCUT2D eigenvalue weighted by molar-refractivity contribution is 0.0529. The van der Waals surface area contributed by atoms with Gasteiger partial charge in [-0.25, -0.2) is 9.18 Å². The molecule has 2 aromatic carbocycles. The van der Waals surface area contributed by atoms with Gasteiger partial charge < -0.3 is 24.3 Å². The summed E-state index contributed by atoms with van der Waals surface area (Å²) in [4.78, 5) is 26.1. The van der Waals surface area contributed by atoms with Gasteiger partial charge in [0.2, 0.25) is 5.75 Å². The minimum absolute atomic E-state index is 0.166. The molecule has 3 rings (SSSR count). The lowest BCUT2D eigenvalue weighted by Gasteiger charge is -2.17. The van der Waals surface area contributed by atoms with Crippen LogP contribution in [0.4, 0.5) is 9.39 Å². The third-order valence-electron chi connectivity index (χ3n) is 4.82. The molecule has 186 valence electrons. The van der Waals surface area contributed by atoms with Gasteiger partial charge >= 0.3 is 5.97 Å².